The van der Waals surface area contributed by atoms with Gasteiger partial charge in [-0.1, -0.05) is 0 Å². The number of rotatable bonds is 4. The molecule has 0 aliphatic carbocycles. The van der Waals surface area contributed by atoms with Crippen LogP contribution in [0.1, 0.15) is 15.9 Å². The van der Waals surface area contributed by atoms with Crippen LogP contribution in [0.25, 0.3) is 5.57 Å². The van der Waals surface area contributed by atoms with Crippen molar-refractivity contribution in [3.63, 3.8) is 0 Å². The van der Waals surface area contributed by atoms with Gasteiger partial charge in [0.15, 0.2) is 0 Å². The summed E-state index contributed by atoms with van der Waals surface area (Å²) >= 11 is 0. The summed E-state index contributed by atoms with van der Waals surface area (Å²) in [6.45, 7) is 0. The Labute approximate surface area is 99.4 Å². The fraction of sp³-hybridized carbons (Fsp3) is 0.182. The van der Waals surface area contributed by atoms with Gasteiger partial charge >= 0.3 is 0 Å². The molecule has 6 heteroatoms. The van der Waals surface area contributed by atoms with Gasteiger partial charge in [-0.05, 0) is 6.07 Å². The lowest BCUT2D eigenvalue weighted by Gasteiger charge is -2.07. The molecule has 1 aromatic heterocycles. The number of anilines is 1. The van der Waals surface area contributed by atoms with E-state index in [4.69, 9.17) is 11.1 Å². The lowest BCUT2D eigenvalue weighted by atomic mass is 10.1. The Kier molecular flexibility index (Phi) is 4.21. The van der Waals surface area contributed by atoms with Crippen molar-refractivity contribution in [3.8, 4) is 0 Å². The van der Waals surface area contributed by atoms with E-state index in [1.54, 1.807) is 19.3 Å². The Balaban J connectivity index is 3.24. The summed E-state index contributed by atoms with van der Waals surface area (Å²) in [7, 11) is 3.25. The summed E-state index contributed by atoms with van der Waals surface area (Å²) < 4.78 is 0. The SMILES string of the molecule is CN/C=C(\C=N)c1cnc(N)c(C(=O)NC)c1. The first-order valence-corrected chi connectivity index (χ1v) is 5.00. The molecule has 0 saturated heterocycles. The Bertz CT molecular complexity index is 467. The van der Waals surface area contributed by atoms with Crippen molar-refractivity contribution in [1.29, 1.82) is 5.41 Å². The third kappa shape index (κ3) is 2.81. The summed E-state index contributed by atoms with van der Waals surface area (Å²) in [5.41, 5.74) is 7.19. The number of nitrogens with one attached hydrogen (secondary N) is 3. The quantitative estimate of drug-likeness (QED) is 0.559. The highest BCUT2D eigenvalue weighted by molar-refractivity contribution is 6.09. The molecule has 1 amide bonds. The van der Waals surface area contributed by atoms with E-state index in [0.29, 0.717) is 16.7 Å². The average Bonchev–Trinajstić information content (AvgIpc) is 2.36. The van der Waals surface area contributed by atoms with Crippen molar-refractivity contribution in [2.75, 3.05) is 19.8 Å². The molecule has 0 fully saturated rings. The van der Waals surface area contributed by atoms with Gasteiger partial charge < -0.3 is 21.8 Å². The Morgan fingerprint density at radius 2 is 2.24 bits per heavy atom. The minimum atomic E-state index is -0.300. The second-order valence-electron chi connectivity index (χ2n) is 3.27. The van der Waals surface area contributed by atoms with Crippen LogP contribution in [0.15, 0.2) is 18.5 Å². The monoisotopic (exact) mass is 233 g/mol. The summed E-state index contributed by atoms with van der Waals surface area (Å²) in [5, 5.41) is 12.6. The maximum absolute atomic E-state index is 11.5. The first-order valence-electron chi connectivity index (χ1n) is 5.00. The lowest BCUT2D eigenvalue weighted by molar-refractivity contribution is 0.0963. The highest BCUT2D eigenvalue weighted by atomic mass is 16.1. The molecule has 0 aliphatic rings. The van der Waals surface area contributed by atoms with E-state index in [9.17, 15) is 4.79 Å². The van der Waals surface area contributed by atoms with Crippen LogP contribution < -0.4 is 16.4 Å². The molecule has 6 nitrogen and oxygen atoms in total. The molecule has 0 saturated carbocycles. The Morgan fingerprint density at radius 1 is 1.53 bits per heavy atom. The summed E-state index contributed by atoms with van der Waals surface area (Å²) in [6.07, 6.45) is 4.35. The molecule has 1 aromatic rings. The number of carbonyl (C=O) groups excluding carboxylic acids is 1. The van der Waals surface area contributed by atoms with Gasteiger partial charge in [-0.25, -0.2) is 4.98 Å². The topological polar surface area (TPSA) is 104 Å². The first-order chi connectivity index (χ1) is 8.13. The second-order valence-corrected chi connectivity index (χ2v) is 3.27. The van der Waals surface area contributed by atoms with Crippen molar-refractivity contribution < 1.29 is 4.79 Å². The Hall–Kier alpha value is -2.37. The van der Waals surface area contributed by atoms with Crippen LogP contribution in [-0.2, 0) is 0 Å². The number of aromatic nitrogens is 1. The summed E-state index contributed by atoms with van der Waals surface area (Å²) in [5.74, 6) is -0.132. The lowest BCUT2D eigenvalue weighted by Crippen LogP contribution is -2.20. The van der Waals surface area contributed by atoms with Gasteiger partial charge in [0.2, 0.25) is 0 Å². The molecule has 5 N–H and O–H groups in total. The fourth-order valence-electron chi connectivity index (χ4n) is 1.31. The minimum Gasteiger partial charge on any atom is -0.393 e. The number of carbonyl (C=O) groups is 1. The number of allylic oxidation sites excluding steroid dienone is 1. The standard InChI is InChI=1S/C11H15N5O/c1-14-5-8(4-12)7-3-9(11(17)15-2)10(13)16-6-7/h3-6,12,14H,1-2H3,(H2,13,16)(H,15,17)/b8-5+,12-4?. The number of nitrogens with two attached hydrogens (primary N) is 1. The van der Waals surface area contributed by atoms with Gasteiger partial charge in [-0.15, -0.1) is 0 Å². The van der Waals surface area contributed by atoms with Gasteiger partial charge in [0, 0.05) is 43.8 Å². The molecular formula is C11H15N5O. The zero-order valence-electron chi connectivity index (χ0n) is 9.74. The third-order valence-corrected chi connectivity index (χ3v) is 2.18. The van der Waals surface area contributed by atoms with Gasteiger partial charge in [0.1, 0.15) is 5.82 Å². The van der Waals surface area contributed by atoms with Crippen LogP contribution in [0.2, 0.25) is 0 Å². The second kappa shape index (κ2) is 5.64. The minimum absolute atomic E-state index is 0.168. The van der Waals surface area contributed by atoms with Gasteiger partial charge in [-0.3, -0.25) is 4.79 Å². The largest absolute Gasteiger partial charge is 0.393 e. The van der Waals surface area contributed by atoms with Crippen LogP contribution >= 0.6 is 0 Å². The van der Waals surface area contributed by atoms with E-state index in [0.717, 1.165) is 0 Å². The summed E-state index contributed by atoms with van der Waals surface area (Å²) in [4.78, 5) is 15.5. The van der Waals surface area contributed by atoms with Crippen molar-refractivity contribution in [2.24, 2.45) is 0 Å². The number of hydrogen-bond donors (Lipinski definition) is 4. The number of pyridine rings is 1. The van der Waals surface area contributed by atoms with Crippen molar-refractivity contribution in [2.45, 2.75) is 0 Å². The molecule has 0 aliphatic heterocycles. The first kappa shape index (κ1) is 12.7. The van der Waals surface area contributed by atoms with Crippen LogP contribution in [0.4, 0.5) is 5.82 Å². The normalized spacial score (nSPS) is 10.8. The number of nitrogen functional groups attached to an aromatic ring is 1. The molecule has 0 radical (unpaired) electrons. The number of hydrogen-bond acceptors (Lipinski definition) is 5. The maximum atomic E-state index is 11.5. The molecule has 0 spiro atoms. The van der Waals surface area contributed by atoms with E-state index in [1.165, 1.54) is 19.5 Å². The zero-order valence-corrected chi connectivity index (χ0v) is 9.74. The average molecular weight is 233 g/mol. The van der Waals surface area contributed by atoms with Crippen LogP contribution in [0, 0.1) is 5.41 Å². The molecule has 0 bridgehead atoms. The molecule has 1 rings (SSSR count). The smallest absolute Gasteiger partial charge is 0.254 e. The highest BCUT2D eigenvalue weighted by Gasteiger charge is 2.11. The molecule has 1 heterocycles. The van der Waals surface area contributed by atoms with Gasteiger partial charge in [-0.2, -0.15) is 0 Å². The van der Waals surface area contributed by atoms with Crippen molar-refractivity contribution in [3.05, 3.63) is 29.6 Å². The van der Waals surface area contributed by atoms with Crippen LogP contribution in [0.3, 0.4) is 0 Å². The van der Waals surface area contributed by atoms with E-state index in [2.05, 4.69) is 15.6 Å². The van der Waals surface area contributed by atoms with E-state index < -0.39 is 0 Å². The fourth-order valence-corrected chi connectivity index (χ4v) is 1.31. The Morgan fingerprint density at radius 3 is 2.76 bits per heavy atom. The predicted molar refractivity (Wildman–Crippen MR) is 67.9 cm³/mol. The van der Waals surface area contributed by atoms with E-state index >= 15 is 0 Å². The zero-order chi connectivity index (χ0) is 12.8. The van der Waals surface area contributed by atoms with E-state index in [-0.39, 0.29) is 11.7 Å². The summed E-state index contributed by atoms with van der Waals surface area (Å²) in [6, 6.07) is 1.61. The van der Waals surface area contributed by atoms with Gasteiger partial charge in [0.25, 0.3) is 5.91 Å². The highest BCUT2D eigenvalue weighted by Crippen LogP contribution is 2.16. The van der Waals surface area contributed by atoms with Crippen molar-refractivity contribution >= 4 is 23.5 Å². The van der Waals surface area contributed by atoms with Crippen LogP contribution in [-0.4, -0.2) is 31.2 Å². The van der Waals surface area contributed by atoms with Crippen molar-refractivity contribution in [1.82, 2.24) is 15.6 Å². The number of nitrogens with zero attached hydrogens (tertiary/aromatic N) is 1. The maximum Gasteiger partial charge on any atom is 0.254 e. The molecular weight excluding hydrogens is 218 g/mol. The molecule has 90 valence electrons. The van der Waals surface area contributed by atoms with Gasteiger partial charge in [0.05, 0.1) is 5.56 Å². The van der Waals surface area contributed by atoms with Crippen LogP contribution in [0.5, 0.6) is 0 Å². The molecule has 0 aromatic carbocycles. The predicted octanol–water partition coefficient (Wildman–Crippen LogP) is 0.233. The molecule has 0 atom stereocenters. The molecule has 0 unspecified atom stereocenters. The molecule has 17 heavy (non-hydrogen) atoms. The number of amides is 1. The van der Waals surface area contributed by atoms with E-state index in [1.807, 2.05) is 0 Å². The third-order valence-electron chi connectivity index (χ3n) is 2.18.